The number of hydrogen-bond donors (Lipinski definition) is 0. The highest BCUT2D eigenvalue weighted by atomic mass is 14.8. The van der Waals surface area contributed by atoms with Crippen LogP contribution in [0, 0.1) is 13.8 Å². The van der Waals surface area contributed by atoms with Gasteiger partial charge in [-0.1, -0.05) is 20.8 Å². The largest absolute Gasteiger partial charge is 0.256 e. The molecule has 2 aromatic rings. The fourth-order valence-corrected chi connectivity index (χ4v) is 1.88. The summed E-state index contributed by atoms with van der Waals surface area (Å²) in [5, 5.41) is 1.19. The first-order valence-corrected chi connectivity index (χ1v) is 5.62. The minimum Gasteiger partial charge on any atom is -0.256 e. The van der Waals surface area contributed by atoms with E-state index in [1.807, 2.05) is 20.0 Å². The Morgan fingerprint density at radius 1 is 1.06 bits per heavy atom. The lowest BCUT2D eigenvalue weighted by atomic mass is 9.87. The zero-order valence-electron chi connectivity index (χ0n) is 10.6. The van der Waals surface area contributed by atoms with Crippen molar-refractivity contribution in [1.82, 2.24) is 9.97 Å². The number of pyridine rings is 2. The zero-order chi connectivity index (χ0) is 11.9. The van der Waals surface area contributed by atoms with Crippen molar-refractivity contribution in [2.24, 2.45) is 0 Å². The SMILES string of the molecule is Cc1cc2cc(C(C)(C)C)cnc2c(C)n1. The number of hydrogen-bond acceptors (Lipinski definition) is 2. The van der Waals surface area contributed by atoms with Gasteiger partial charge in [-0.2, -0.15) is 0 Å². The van der Waals surface area contributed by atoms with Gasteiger partial charge in [0.2, 0.25) is 0 Å². The van der Waals surface area contributed by atoms with Crippen LogP contribution >= 0.6 is 0 Å². The third-order valence-electron chi connectivity index (χ3n) is 2.83. The van der Waals surface area contributed by atoms with Gasteiger partial charge < -0.3 is 0 Å². The summed E-state index contributed by atoms with van der Waals surface area (Å²) < 4.78 is 0. The number of rotatable bonds is 0. The van der Waals surface area contributed by atoms with Gasteiger partial charge in [0, 0.05) is 17.3 Å². The van der Waals surface area contributed by atoms with Gasteiger partial charge in [-0.25, -0.2) is 0 Å². The zero-order valence-corrected chi connectivity index (χ0v) is 10.6. The van der Waals surface area contributed by atoms with Crippen LogP contribution in [0.15, 0.2) is 18.3 Å². The van der Waals surface area contributed by atoms with Crippen LogP contribution in [0.3, 0.4) is 0 Å². The van der Waals surface area contributed by atoms with E-state index in [9.17, 15) is 0 Å². The summed E-state index contributed by atoms with van der Waals surface area (Å²) in [5.41, 5.74) is 4.49. The Bertz CT molecular complexity index is 536. The van der Waals surface area contributed by atoms with E-state index >= 15 is 0 Å². The van der Waals surface area contributed by atoms with E-state index in [4.69, 9.17) is 0 Å². The van der Waals surface area contributed by atoms with E-state index in [0.717, 1.165) is 16.9 Å². The molecule has 0 aliphatic carbocycles. The van der Waals surface area contributed by atoms with E-state index in [2.05, 4.69) is 42.9 Å². The summed E-state index contributed by atoms with van der Waals surface area (Å²) in [6, 6.07) is 4.33. The predicted octanol–water partition coefficient (Wildman–Crippen LogP) is 3.54. The van der Waals surface area contributed by atoms with Gasteiger partial charge in [-0.15, -0.1) is 0 Å². The van der Waals surface area contributed by atoms with E-state index in [0.29, 0.717) is 0 Å². The van der Waals surface area contributed by atoms with Crippen LogP contribution < -0.4 is 0 Å². The molecule has 0 unspecified atom stereocenters. The van der Waals surface area contributed by atoms with Crippen molar-refractivity contribution < 1.29 is 0 Å². The summed E-state index contributed by atoms with van der Waals surface area (Å²) in [6.07, 6.45) is 1.96. The van der Waals surface area contributed by atoms with Crippen LogP contribution in [-0.4, -0.2) is 9.97 Å². The Labute approximate surface area is 96.7 Å². The molecular weight excluding hydrogens is 196 g/mol. The maximum absolute atomic E-state index is 4.53. The quantitative estimate of drug-likeness (QED) is 0.670. The third-order valence-corrected chi connectivity index (χ3v) is 2.83. The summed E-state index contributed by atoms with van der Waals surface area (Å²) >= 11 is 0. The highest BCUT2D eigenvalue weighted by Gasteiger charge is 2.15. The maximum Gasteiger partial charge on any atom is 0.0914 e. The Hall–Kier alpha value is -1.44. The van der Waals surface area contributed by atoms with Crippen LogP contribution in [0.4, 0.5) is 0 Å². The van der Waals surface area contributed by atoms with Gasteiger partial charge in [0.1, 0.15) is 0 Å². The second kappa shape index (κ2) is 3.55. The van der Waals surface area contributed by atoms with Crippen molar-refractivity contribution >= 4 is 10.9 Å². The lowest BCUT2D eigenvalue weighted by molar-refractivity contribution is 0.588. The van der Waals surface area contributed by atoms with Crippen molar-refractivity contribution in [1.29, 1.82) is 0 Å². The van der Waals surface area contributed by atoms with Crippen LogP contribution in [0.5, 0.6) is 0 Å². The first-order chi connectivity index (χ1) is 7.38. The third kappa shape index (κ3) is 1.92. The van der Waals surface area contributed by atoms with Crippen molar-refractivity contribution in [2.75, 3.05) is 0 Å². The second-order valence-corrected chi connectivity index (χ2v) is 5.39. The smallest absolute Gasteiger partial charge is 0.0914 e. The normalized spacial score (nSPS) is 12.1. The van der Waals surface area contributed by atoms with E-state index in [-0.39, 0.29) is 5.41 Å². The Balaban J connectivity index is 2.71. The molecule has 2 aromatic heterocycles. The van der Waals surface area contributed by atoms with Crippen molar-refractivity contribution in [3.63, 3.8) is 0 Å². The summed E-state index contributed by atoms with van der Waals surface area (Å²) in [4.78, 5) is 8.96. The van der Waals surface area contributed by atoms with Crippen LogP contribution in [0.2, 0.25) is 0 Å². The average Bonchev–Trinajstić information content (AvgIpc) is 2.15. The Morgan fingerprint density at radius 2 is 1.75 bits per heavy atom. The standard InChI is InChI=1S/C14H18N2/c1-9-6-11-7-12(14(3,4)5)8-15-13(11)10(2)16-9/h6-8H,1-5H3. The van der Waals surface area contributed by atoms with E-state index in [1.165, 1.54) is 10.9 Å². The summed E-state index contributed by atoms with van der Waals surface area (Å²) in [5.74, 6) is 0. The molecule has 0 N–H and O–H groups in total. The van der Waals surface area contributed by atoms with Crippen molar-refractivity contribution in [3.8, 4) is 0 Å². The lowest BCUT2D eigenvalue weighted by Gasteiger charge is -2.19. The molecular formula is C14H18N2. The Morgan fingerprint density at radius 3 is 2.38 bits per heavy atom. The molecule has 0 aliphatic heterocycles. The highest BCUT2D eigenvalue weighted by Crippen LogP contribution is 2.25. The molecule has 84 valence electrons. The van der Waals surface area contributed by atoms with E-state index in [1.54, 1.807) is 0 Å². The molecule has 16 heavy (non-hydrogen) atoms. The monoisotopic (exact) mass is 214 g/mol. The van der Waals surface area contributed by atoms with Gasteiger partial charge in [0.25, 0.3) is 0 Å². The fraction of sp³-hybridized carbons (Fsp3) is 0.429. The molecule has 2 nitrogen and oxygen atoms in total. The molecule has 2 rings (SSSR count). The number of aryl methyl sites for hydroxylation is 2. The van der Waals surface area contributed by atoms with Crippen LogP contribution in [0.25, 0.3) is 10.9 Å². The fourth-order valence-electron chi connectivity index (χ4n) is 1.88. The summed E-state index contributed by atoms with van der Waals surface area (Å²) in [6.45, 7) is 10.7. The molecule has 0 bridgehead atoms. The molecule has 2 heterocycles. The first-order valence-electron chi connectivity index (χ1n) is 5.62. The molecule has 0 aliphatic rings. The minimum absolute atomic E-state index is 0.145. The van der Waals surface area contributed by atoms with Crippen LogP contribution in [0.1, 0.15) is 37.7 Å². The van der Waals surface area contributed by atoms with Gasteiger partial charge in [-0.05, 0) is 37.0 Å². The molecule has 0 radical (unpaired) electrons. The van der Waals surface area contributed by atoms with Crippen molar-refractivity contribution in [2.45, 2.75) is 40.0 Å². The molecule has 0 spiro atoms. The van der Waals surface area contributed by atoms with E-state index < -0.39 is 0 Å². The molecule has 0 saturated carbocycles. The predicted molar refractivity (Wildman–Crippen MR) is 67.7 cm³/mol. The molecule has 2 heteroatoms. The number of aromatic nitrogens is 2. The molecule has 0 atom stereocenters. The van der Waals surface area contributed by atoms with Gasteiger partial charge >= 0.3 is 0 Å². The van der Waals surface area contributed by atoms with Gasteiger partial charge in [-0.3, -0.25) is 9.97 Å². The molecule has 0 saturated heterocycles. The topological polar surface area (TPSA) is 25.8 Å². The summed E-state index contributed by atoms with van der Waals surface area (Å²) in [7, 11) is 0. The number of nitrogens with zero attached hydrogens (tertiary/aromatic N) is 2. The number of fused-ring (bicyclic) bond motifs is 1. The molecule has 0 fully saturated rings. The lowest BCUT2D eigenvalue weighted by Crippen LogP contribution is -2.11. The van der Waals surface area contributed by atoms with Gasteiger partial charge in [0.15, 0.2) is 0 Å². The minimum atomic E-state index is 0.145. The first kappa shape index (κ1) is 11.1. The Kier molecular flexibility index (Phi) is 2.45. The highest BCUT2D eigenvalue weighted by molar-refractivity contribution is 5.81. The molecule has 0 amide bonds. The second-order valence-electron chi connectivity index (χ2n) is 5.39. The molecule has 0 aromatic carbocycles. The average molecular weight is 214 g/mol. The van der Waals surface area contributed by atoms with Crippen molar-refractivity contribution in [3.05, 3.63) is 35.3 Å². The van der Waals surface area contributed by atoms with Gasteiger partial charge in [0.05, 0.1) is 11.2 Å². The maximum atomic E-state index is 4.53. The van der Waals surface area contributed by atoms with Crippen LogP contribution in [-0.2, 0) is 5.41 Å².